The number of aryl methyl sites for hydroxylation is 1. The van der Waals surface area contributed by atoms with E-state index in [2.05, 4.69) is 29.6 Å². The summed E-state index contributed by atoms with van der Waals surface area (Å²) in [6.45, 7) is 0.760. The van der Waals surface area contributed by atoms with Crippen molar-refractivity contribution in [2.24, 2.45) is 0 Å². The van der Waals surface area contributed by atoms with Gasteiger partial charge < -0.3 is 19.5 Å². The molecule has 0 amide bonds. The van der Waals surface area contributed by atoms with Gasteiger partial charge in [0.1, 0.15) is 0 Å². The zero-order chi connectivity index (χ0) is 16.9. The van der Waals surface area contributed by atoms with Gasteiger partial charge >= 0.3 is 0 Å². The molecular formula is C20H25NO3. The minimum Gasteiger partial charge on any atom is -0.493 e. The highest BCUT2D eigenvalue weighted by molar-refractivity contribution is 5.53. The minimum atomic E-state index is 0.397. The molecule has 1 aliphatic rings. The maximum absolute atomic E-state index is 5.43. The molecule has 1 atom stereocenters. The molecule has 0 spiro atoms. The van der Waals surface area contributed by atoms with Crippen LogP contribution in [0.5, 0.6) is 17.2 Å². The molecule has 3 rings (SSSR count). The molecule has 4 nitrogen and oxygen atoms in total. The zero-order valence-electron chi connectivity index (χ0n) is 14.6. The Morgan fingerprint density at radius 2 is 1.71 bits per heavy atom. The van der Waals surface area contributed by atoms with Crippen LogP contribution in [0.4, 0.5) is 0 Å². The second-order valence-electron chi connectivity index (χ2n) is 6.06. The van der Waals surface area contributed by atoms with Gasteiger partial charge in [-0.2, -0.15) is 0 Å². The van der Waals surface area contributed by atoms with Crippen LogP contribution in [0.3, 0.4) is 0 Å². The normalized spacial score (nSPS) is 16.4. The molecule has 0 unspecified atom stereocenters. The number of methoxy groups -OCH3 is 3. The third-order valence-corrected chi connectivity index (χ3v) is 4.65. The van der Waals surface area contributed by atoms with E-state index in [-0.39, 0.29) is 0 Å². The molecule has 128 valence electrons. The van der Waals surface area contributed by atoms with Crippen molar-refractivity contribution in [1.82, 2.24) is 5.32 Å². The lowest BCUT2D eigenvalue weighted by Crippen LogP contribution is -2.24. The highest BCUT2D eigenvalue weighted by atomic mass is 16.5. The van der Waals surface area contributed by atoms with Crippen LogP contribution in [0.2, 0.25) is 0 Å². The fraction of sp³-hybridized carbons (Fsp3) is 0.400. The Bertz CT molecular complexity index is 674. The summed E-state index contributed by atoms with van der Waals surface area (Å²) < 4.78 is 16.3. The standard InChI is InChI=1S/C20H25NO3/c1-22-18-11-14(12-19(23-2)20(18)24-3)13-21-17-10-6-8-15-7-4-5-9-16(15)17/h4-5,7,9,11-12,17,21H,6,8,10,13H2,1-3H3/t17-/m1/s1. The summed E-state index contributed by atoms with van der Waals surface area (Å²) >= 11 is 0. The SMILES string of the molecule is COc1cc(CN[C@@H]2CCCc3ccccc32)cc(OC)c1OC. The molecule has 0 bridgehead atoms. The van der Waals surface area contributed by atoms with Crippen LogP contribution >= 0.6 is 0 Å². The van der Waals surface area contributed by atoms with Crippen LogP contribution in [-0.4, -0.2) is 21.3 Å². The second kappa shape index (κ2) is 7.58. The quantitative estimate of drug-likeness (QED) is 0.874. The second-order valence-corrected chi connectivity index (χ2v) is 6.06. The summed E-state index contributed by atoms with van der Waals surface area (Å²) in [5, 5.41) is 3.68. The zero-order valence-corrected chi connectivity index (χ0v) is 14.6. The third-order valence-electron chi connectivity index (χ3n) is 4.65. The van der Waals surface area contributed by atoms with E-state index in [4.69, 9.17) is 14.2 Å². The van der Waals surface area contributed by atoms with Crippen LogP contribution < -0.4 is 19.5 Å². The topological polar surface area (TPSA) is 39.7 Å². The van der Waals surface area contributed by atoms with Gasteiger partial charge in [0, 0.05) is 12.6 Å². The van der Waals surface area contributed by atoms with Gasteiger partial charge in [-0.05, 0) is 48.1 Å². The number of rotatable bonds is 6. The lowest BCUT2D eigenvalue weighted by Gasteiger charge is -2.26. The highest BCUT2D eigenvalue weighted by Crippen LogP contribution is 2.38. The van der Waals surface area contributed by atoms with Gasteiger partial charge in [0.2, 0.25) is 5.75 Å². The van der Waals surface area contributed by atoms with Gasteiger partial charge in [0.15, 0.2) is 11.5 Å². The smallest absolute Gasteiger partial charge is 0.203 e. The van der Waals surface area contributed by atoms with E-state index >= 15 is 0 Å². The lowest BCUT2D eigenvalue weighted by atomic mass is 9.87. The summed E-state index contributed by atoms with van der Waals surface area (Å²) in [4.78, 5) is 0. The molecule has 0 saturated heterocycles. The Kier molecular flexibility index (Phi) is 5.26. The van der Waals surface area contributed by atoms with Crippen molar-refractivity contribution in [2.75, 3.05) is 21.3 Å². The summed E-state index contributed by atoms with van der Waals surface area (Å²) in [6.07, 6.45) is 3.57. The van der Waals surface area contributed by atoms with E-state index in [1.165, 1.54) is 30.4 Å². The molecule has 1 aliphatic carbocycles. The number of ether oxygens (including phenoxy) is 3. The predicted octanol–water partition coefficient (Wildman–Crippen LogP) is 3.88. The maximum Gasteiger partial charge on any atom is 0.203 e. The first-order chi connectivity index (χ1) is 11.8. The molecule has 4 heteroatoms. The molecule has 2 aromatic carbocycles. The van der Waals surface area contributed by atoms with E-state index < -0.39 is 0 Å². The fourth-order valence-corrected chi connectivity index (χ4v) is 3.44. The molecule has 2 aromatic rings. The molecular weight excluding hydrogens is 302 g/mol. The highest BCUT2D eigenvalue weighted by Gasteiger charge is 2.20. The molecule has 1 N–H and O–H groups in total. The largest absolute Gasteiger partial charge is 0.493 e. The van der Waals surface area contributed by atoms with Gasteiger partial charge in [-0.1, -0.05) is 24.3 Å². The van der Waals surface area contributed by atoms with Crippen molar-refractivity contribution in [3.63, 3.8) is 0 Å². The van der Waals surface area contributed by atoms with Crippen molar-refractivity contribution in [2.45, 2.75) is 31.8 Å². The van der Waals surface area contributed by atoms with Gasteiger partial charge in [0.25, 0.3) is 0 Å². The van der Waals surface area contributed by atoms with E-state index in [9.17, 15) is 0 Å². The van der Waals surface area contributed by atoms with Gasteiger partial charge in [-0.15, -0.1) is 0 Å². The molecule has 0 fully saturated rings. The van der Waals surface area contributed by atoms with Crippen LogP contribution in [0.15, 0.2) is 36.4 Å². The van der Waals surface area contributed by atoms with Crippen LogP contribution in [0.25, 0.3) is 0 Å². The van der Waals surface area contributed by atoms with Crippen molar-refractivity contribution in [3.8, 4) is 17.2 Å². The van der Waals surface area contributed by atoms with E-state index in [0.29, 0.717) is 23.3 Å². The van der Waals surface area contributed by atoms with Gasteiger partial charge in [-0.25, -0.2) is 0 Å². The molecule has 0 heterocycles. The van der Waals surface area contributed by atoms with E-state index in [1.54, 1.807) is 21.3 Å². The minimum absolute atomic E-state index is 0.397. The number of nitrogens with one attached hydrogen (secondary N) is 1. The summed E-state index contributed by atoms with van der Waals surface area (Å²) in [7, 11) is 4.91. The predicted molar refractivity (Wildman–Crippen MR) is 95.1 cm³/mol. The van der Waals surface area contributed by atoms with E-state index in [0.717, 1.165) is 12.1 Å². The first-order valence-corrected chi connectivity index (χ1v) is 8.37. The van der Waals surface area contributed by atoms with Crippen molar-refractivity contribution >= 4 is 0 Å². The van der Waals surface area contributed by atoms with Crippen molar-refractivity contribution in [3.05, 3.63) is 53.1 Å². The lowest BCUT2D eigenvalue weighted by molar-refractivity contribution is 0.323. The number of hydrogen-bond acceptors (Lipinski definition) is 4. The van der Waals surface area contributed by atoms with Crippen molar-refractivity contribution in [1.29, 1.82) is 0 Å². The van der Waals surface area contributed by atoms with Gasteiger partial charge in [0.05, 0.1) is 21.3 Å². The number of fused-ring (bicyclic) bond motifs is 1. The average Bonchev–Trinajstić information content (AvgIpc) is 2.65. The number of hydrogen-bond donors (Lipinski definition) is 1. The monoisotopic (exact) mass is 327 g/mol. The van der Waals surface area contributed by atoms with Crippen LogP contribution in [0.1, 0.15) is 35.6 Å². The molecule has 0 aromatic heterocycles. The average molecular weight is 327 g/mol. The molecule has 24 heavy (non-hydrogen) atoms. The Morgan fingerprint density at radius 1 is 1.00 bits per heavy atom. The number of benzene rings is 2. The first-order valence-electron chi connectivity index (χ1n) is 8.37. The Labute approximate surface area is 143 Å². The summed E-state index contributed by atoms with van der Waals surface area (Å²) in [6, 6.07) is 13.1. The summed E-state index contributed by atoms with van der Waals surface area (Å²) in [5.41, 5.74) is 4.01. The molecule has 0 radical (unpaired) electrons. The maximum atomic E-state index is 5.43. The first kappa shape index (κ1) is 16.7. The van der Waals surface area contributed by atoms with Crippen LogP contribution in [-0.2, 0) is 13.0 Å². The van der Waals surface area contributed by atoms with E-state index in [1.807, 2.05) is 12.1 Å². The van der Waals surface area contributed by atoms with Crippen molar-refractivity contribution < 1.29 is 14.2 Å². The molecule has 0 saturated carbocycles. The Morgan fingerprint density at radius 3 is 2.38 bits per heavy atom. The third kappa shape index (κ3) is 3.34. The Hall–Kier alpha value is -2.20. The molecule has 0 aliphatic heterocycles. The van der Waals surface area contributed by atoms with Crippen LogP contribution in [0, 0.1) is 0 Å². The fourth-order valence-electron chi connectivity index (χ4n) is 3.44. The van der Waals surface area contributed by atoms with Gasteiger partial charge in [-0.3, -0.25) is 0 Å². The Balaban J connectivity index is 1.78. The summed E-state index contributed by atoms with van der Waals surface area (Å²) in [5.74, 6) is 2.02.